The summed E-state index contributed by atoms with van der Waals surface area (Å²) < 4.78 is 1.15. The van der Waals surface area contributed by atoms with Crippen LogP contribution in [0.3, 0.4) is 0 Å². The quantitative estimate of drug-likeness (QED) is 0.254. The van der Waals surface area contributed by atoms with Gasteiger partial charge in [-0.1, -0.05) is 19.1 Å². The molecule has 1 fully saturated rings. The second kappa shape index (κ2) is 10.7. The second-order valence-electron chi connectivity index (χ2n) is 8.18. The third kappa shape index (κ3) is 6.29. The Balaban J connectivity index is 1.68. The second-order valence-corrected chi connectivity index (χ2v) is 9.34. The van der Waals surface area contributed by atoms with Crippen LogP contribution >= 0.6 is 22.6 Å². The van der Waals surface area contributed by atoms with Gasteiger partial charge in [0.05, 0.1) is 5.69 Å². The number of nitrogens with zero attached hydrogens (tertiary/aromatic N) is 3. The van der Waals surface area contributed by atoms with Crippen LogP contribution in [0.15, 0.2) is 55.8 Å². The predicted molar refractivity (Wildman–Crippen MR) is 137 cm³/mol. The number of aromatic nitrogens is 2. The number of carbonyl (C=O) groups is 1. The Morgan fingerprint density at radius 1 is 1.26 bits per heavy atom. The lowest BCUT2D eigenvalue weighted by Gasteiger charge is -2.40. The molecule has 1 aliphatic heterocycles. The largest absolute Gasteiger partial charge is 0.371 e. The van der Waals surface area contributed by atoms with Crippen LogP contribution in [-0.2, 0) is 0 Å². The number of carbonyl (C=O) groups excluding carboxylic acids is 1. The van der Waals surface area contributed by atoms with E-state index in [0.717, 1.165) is 48.0 Å². The Bertz CT molecular complexity index is 937. The van der Waals surface area contributed by atoms with E-state index in [9.17, 15) is 4.79 Å². The van der Waals surface area contributed by atoms with Crippen LogP contribution in [0.25, 0.3) is 0 Å². The molecule has 0 atom stereocenters. The Morgan fingerprint density at radius 2 is 2.03 bits per heavy atom. The van der Waals surface area contributed by atoms with Crippen LogP contribution in [0.1, 0.15) is 43.0 Å². The molecule has 31 heavy (non-hydrogen) atoms. The average Bonchev–Trinajstić information content (AvgIpc) is 2.75. The number of anilines is 3. The molecule has 0 unspecified atom stereocenters. The Hall–Kier alpha value is -2.42. The summed E-state index contributed by atoms with van der Waals surface area (Å²) in [7, 11) is 0. The summed E-state index contributed by atoms with van der Waals surface area (Å²) in [5.41, 5.74) is 2.06. The fourth-order valence-corrected chi connectivity index (χ4v) is 4.40. The van der Waals surface area contributed by atoms with Crippen LogP contribution in [0, 0.1) is 8.99 Å². The van der Waals surface area contributed by atoms with Crippen molar-refractivity contribution in [3.05, 3.63) is 64.9 Å². The van der Waals surface area contributed by atoms with Crippen molar-refractivity contribution in [1.29, 1.82) is 0 Å². The summed E-state index contributed by atoms with van der Waals surface area (Å²) in [6, 6.07) is 7.54. The summed E-state index contributed by atoms with van der Waals surface area (Å²) in [5.74, 6) is 0.778. The number of benzene rings is 1. The van der Waals surface area contributed by atoms with E-state index < -0.39 is 0 Å². The molecular formula is C24H30IN5O. The molecule has 0 bridgehead atoms. The highest BCUT2D eigenvalue weighted by molar-refractivity contribution is 14.1. The van der Waals surface area contributed by atoms with Gasteiger partial charge in [-0.15, -0.1) is 13.2 Å². The maximum Gasteiger partial charge on any atom is 0.256 e. The summed E-state index contributed by atoms with van der Waals surface area (Å²) in [6.45, 7) is 12.6. The molecule has 3 rings (SSSR count). The summed E-state index contributed by atoms with van der Waals surface area (Å²) in [5, 5.41) is 6.00. The van der Waals surface area contributed by atoms with Crippen molar-refractivity contribution < 1.29 is 4.79 Å². The highest BCUT2D eigenvalue weighted by atomic mass is 127. The third-order valence-electron chi connectivity index (χ3n) is 5.69. The fraction of sp³-hybridized carbons (Fsp3) is 0.375. The topological polar surface area (TPSA) is 70.2 Å². The Kier molecular flexibility index (Phi) is 8.06. The first-order valence-corrected chi connectivity index (χ1v) is 11.7. The fourth-order valence-electron chi connectivity index (χ4n) is 3.72. The zero-order valence-corrected chi connectivity index (χ0v) is 20.2. The van der Waals surface area contributed by atoms with Crippen LogP contribution in [0.5, 0.6) is 0 Å². The molecule has 1 amide bonds. The van der Waals surface area contributed by atoms with Gasteiger partial charge < -0.3 is 15.5 Å². The first-order chi connectivity index (χ1) is 14.9. The lowest BCUT2D eigenvalue weighted by Crippen LogP contribution is -2.39. The first kappa shape index (κ1) is 23.2. The Labute approximate surface area is 198 Å². The number of hydrogen-bond acceptors (Lipinski definition) is 5. The van der Waals surface area contributed by atoms with E-state index in [2.05, 4.69) is 68.2 Å². The van der Waals surface area contributed by atoms with Crippen molar-refractivity contribution in [2.75, 3.05) is 35.2 Å². The molecule has 0 saturated carbocycles. The van der Waals surface area contributed by atoms with Gasteiger partial charge in [0.2, 0.25) is 5.95 Å². The molecule has 1 saturated heterocycles. The zero-order valence-electron chi connectivity index (χ0n) is 18.0. The van der Waals surface area contributed by atoms with Gasteiger partial charge in [0.1, 0.15) is 5.82 Å². The average molecular weight is 531 g/mol. The van der Waals surface area contributed by atoms with Gasteiger partial charge in [0, 0.05) is 35.0 Å². The molecule has 2 N–H and O–H groups in total. The smallest absolute Gasteiger partial charge is 0.256 e. The number of piperidine rings is 1. The summed E-state index contributed by atoms with van der Waals surface area (Å²) in [6.07, 6.45) is 9.58. The van der Waals surface area contributed by atoms with Gasteiger partial charge in [-0.2, -0.15) is 4.98 Å². The summed E-state index contributed by atoms with van der Waals surface area (Å²) in [4.78, 5) is 23.8. The first-order valence-electron chi connectivity index (χ1n) is 10.6. The van der Waals surface area contributed by atoms with E-state index in [1.54, 1.807) is 12.3 Å². The number of amides is 1. The van der Waals surface area contributed by atoms with Gasteiger partial charge in [-0.25, -0.2) is 4.98 Å². The van der Waals surface area contributed by atoms with Gasteiger partial charge in [-0.3, -0.25) is 4.79 Å². The minimum absolute atomic E-state index is 0.179. The van der Waals surface area contributed by atoms with Crippen molar-refractivity contribution in [3.63, 3.8) is 0 Å². The van der Waals surface area contributed by atoms with Gasteiger partial charge in [0.25, 0.3) is 5.91 Å². The maximum absolute atomic E-state index is 12.9. The number of rotatable bonds is 9. The number of halogens is 1. The third-order valence-corrected chi connectivity index (χ3v) is 6.60. The zero-order chi connectivity index (χ0) is 22.3. The van der Waals surface area contributed by atoms with E-state index in [1.807, 2.05) is 30.4 Å². The van der Waals surface area contributed by atoms with E-state index in [-0.39, 0.29) is 5.91 Å². The van der Waals surface area contributed by atoms with Crippen LogP contribution in [0.4, 0.5) is 17.5 Å². The number of allylic oxidation sites excluding steroid dienone is 1. The normalized spacial score (nSPS) is 15.2. The number of nitrogens with one attached hydrogen (secondary N) is 2. The van der Waals surface area contributed by atoms with E-state index in [1.165, 1.54) is 0 Å². The molecule has 0 aliphatic carbocycles. The van der Waals surface area contributed by atoms with Crippen molar-refractivity contribution in [1.82, 2.24) is 9.97 Å². The highest BCUT2D eigenvalue weighted by Gasteiger charge is 2.29. The van der Waals surface area contributed by atoms with Crippen LogP contribution in [0.2, 0.25) is 0 Å². The van der Waals surface area contributed by atoms with Crippen molar-refractivity contribution in [3.8, 4) is 0 Å². The minimum Gasteiger partial charge on any atom is -0.371 e. The molecule has 1 aromatic heterocycles. The molecule has 6 nitrogen and oxygen atoms in total. The number of hydrogen-bond donors (Lipinski definition) is 2. The van der Waals surface area contributed by atoms with Crippen LogP contribution in [-0.4, -0.2) is 35.5 Å². The molecule has 2 aromatic rings. The molecular weight excluding hydrogens is 501 g/mol. The van der Waals surface area contributed by atoms with Crippen molar-refractivity contribution >= 4 is 46.0 Å². The molecule has 0 radical (unpaired) electrons. The van der Waals surface area contributed by atoms with Gasteiger partial charge >= 0.3 is 0 Å². The van der Waals surface area contributed by atoms with Crippen LogP contribution < -0.4 is 15.5 Å². The minimum atomic E-state index is -0.179. The van der Waals surface area contributed by atoms with Crippen molar-refractivity contribution in [2.45, 2.75) is 32.6 Å². The molecule has 7 heteroatoms. The summed E-state index contributed by atoms with van der Waals surface area (Å²) >= 11 is 2.35. The molecule has 0 spiro atoms. The lowest BCUT2D eigenvalue weighted by molar-refractivity contribution is 0.102. The van der Waals surface area contributed by atoms with Crippen molar-refractivity contribution in [2.24, 2.45) is 5.41 Å². The monoisotopic (exact) mass is 531 g/mol. The molecule has 1 aromatic carbocycles. The van der Waals surface area contributed by atoms with Gasteiger partial charge in [0.15, 0.2) is 0 Å². The SMILES string of the molecule is C=CCCNc1nccc(NC(=O)c2ccc(I)c(N3CCC(C)(CC=C)CC3)c2)n1. The lowest BCUT2D eigenvalue weighted by atomic mass is 9.77. The Morgan fingerprint density at radius 3 is 2.74 bits per heavy atom. The molecule has 1 aliphatic rings. The molecule has 2 heterocycles. The van der Waals surface area contributed by atoms with E-state index >= 15 is 0 Å². The highest BCUT2D eigenvalue weighted by Crippen LogP contribution is 2.37. The molecule has 164 valence electrons. The predicted octanol–water partition coefficient (Wildman–Crippen LogP) is 5.50. The standard InChI is InChI=1S/C24H30IN5O/c1-4-6-13-26-23-27-14-9-21(29-23)28-22(31)18-7-8-19(25)20(17-18)30-15-11-24(3,10-5-2)12-16-30/h4-5,7-9,14,17H,1-2,6,10-13,15-16H2,3H3,(H2,26,27,28,29,31). The maximum atomic E-state index is 12.9. The van der Waals surface area contributed by atoms with E-state index in [0.29, 0.717) is 29.3 Å². The van der Waals surface area contributed by atoms with Gasteiger partial charge in [-0.05, 0) is 78.0 Å². The van der Waals surface area contributed by atoms with E-state index in [4.69, 9.17) is 0 Å².